The molecule has 0 unspecified atom stereocenters. The minimum Gasteiger partial charge on any atom is -0.357 e. The number of hydrogen-bond acceptors (Lipinski definition) is 3. The molecule has 4 nitrogen and oxygen atoms in total. The molecule has 1 aromatic heterocycles. The molecule has 26 heavy (non-hydrogen) atoms. The molecule has 1 aliphatic heterocycles. The van der Waals surface area contributed by atoms with Crippen LogP contribution >= 0.6 is 0 Å². The predicted octanol–water partition coefficient (Wildman–Crippen LogP) is 4.16. The fraction of sp³-hybridized carbons (Fsp3) is 0.727. The summed E-state index contributed by atoms with van der Waals surface area (Å²) in [5.74, 6) is 3.65. The topological polar surface area (TPSA) is 45.2 Å². The molecule has 1 amide bonds. The van der Waals surface area contributed by atoms with E-state index in [2.05, 4.69) is 15.2 Å². The van der Waals surface area contributed by atoms with Crippen LogP contribution in [-0.4, -0.2) is 29.5 Å². The number of pyridine rings is 1. The number of rotatable bonds is 3. The molecule has 4 aliphatic carbocycles. The first-order valence-electron chi connectivity index (χ1n) is 10.7. The summed E-state index contributed by atoms with van der Waals surface area (Å²) in [5.41, 5.74) is 0.868. The van der Waals surface area contributed by atoms with Crippen molar-refractivity contribution in [2.45, 2.75) is 69.7 Å². The van der Waals surface area contributed by atoms with Gasteiger partial charge in [0.05, 0.1) is 0 Å². The molecule has 5 fully saturated rings. The molecule has 6 rings (SSSR count). The maximum absolute atomic E-state index is 13.1. The number of hydrogen-bond donors (Lipinski definition) is 1. The van der Waals surface area contributed by atoms with Crippen molar-refractivity contribution in [3.05, 3.63) is 23.9 Å². The van der Waals surface area contributed by atoms with Crippen LogP contribution in [0.2, 0.25) is 0 Å². The Morgan fingerprint density at radius 2 is 1.62 bits per heavy atom. The largest absolute Gasteiger partial charge is 0.357 e. The van der Waals surface area contributed by atoms with Crippen LogP contribution in [0.5, 0.6) is 0 Å². The van der Waals surface area contributed by atoms with E-state index in [0.717, 1.165) is 42.2 Å². The zero-order valence-corrected chi connectivity index (χ0v) is 15.8. The van der Waals surface area contributed by atoms with Gasteiger partial charge in [-0.1, -0.05) is 12.8 Å². The van der Waals surface area contributed by atoms with Gasteiger partial charge in [-0.05, 0) is 81.3 Å². The molecular formula is C22H31N3O. The third-order valence-electron chi connectivity index (χ3n) is 7.35. The maximum atomic E-state index is 13.1. The van der Waals surface area contributed by atoms with E-state index in [4.69, 9.17) is 0 Å². The Balaban J connectivity index is 1.32. The second kappa shape index (κ2) is 6.54. The monoisotopic (exact) mass is 353 g/mol. The lowest BCUT2D eigenvalue weighted by Crippen LogP contribution is -2.59. The molecule has 5 aliphatic rings. The van der Waals surface area contributed by atoms with Crippen molar-refractivity contribution in [2.24, 2.45) is 17.8 Å². The van der Waals surface area contributed by atoms with Crippen LogP contribution in [-0.2, 0) is 0 Å². The van der Waals surface area contributed by atoms with E-state index in [1.165, 1.54) is 64.2 Å². The van der Waals surface area contributed by atoms with Gasteiger partial charge in [0.15, 0.2) is 0 Å². The van der Waals surface area contributed by atoms with E-state index < -0.39 is 0 Å². The summed E-state index contributed by atoms with van der Waals surface area (Å²) in [7, 11) is 0. The molecule has 4 bridgehead atoms. The van der Waals surface area contributed by atoms with Crippen LogP contribution in [0.25, 0.3) is 0 Å². The van der Waals surface area contributed by atoms with Crippen molar-refractivity contribution in [1.82, 2.24) is 10.3 Å². The van der Waals surface area contributed by atoms with E-state index in [9.17, 15) is 4.79 Å². The quantitative estimate of drug-likeness (QED) is 0.887. The van der Waals surface area contributed by atoms with Gasteiger partial charge in [-0.25, -0.2) is 4.98 Å². The van der Waals surface area contributed by atoms with Crippen molar-refractivity contribution in [3.8, 4) is 0 Å². The third-order valence-corrected chi connectivity index (χ3v) is 7.35. The minimum atomic E-state index is 0.0812. The van der Waals surface area contributed by atoms with Crippen LogP contribution in [0.4, 0.5) is 5.82 Å². The van der Waals surface area contributed by atoms with Gasteiger partial charge in [0.1, 0.15) is 5.82 Å². The Morgan fingerprint density at radius 3 is 2.23 bits per heavy atom. The molecule has 0 spiro atoms. The lowest BCUT2D eigenvalue weighted by molar-refractivity contribution is -0.0167. The lowest BCUT2D eigenvalue weighted by Gasteiger charge is -2.56. The fourth-order valence-electron chi connectivity index (χ4n) is 6.61. The first kappa shape index (κ1) is 16.6. The van der Waals surface area contributed by atoms with Crippen LogP contribution in [0.1, 0.15) is 74.6 Å². The summed E-state index contributed by atoms with van der Waals surface area (Å²) >= 11 is 0. The zero-order chi connectivity index (χ0) is 17.6. The number of carbonyl (C=O) groups excluding carboxylic acids is 1. The Bertz CT molecular complexity index is 642. The Morgan fingerprint density at radius 1 is 1.00 bits per heavy atom. The lowest BCUT2D eigenvalue weighted by atomic mass is 9.53. The summed E-state index contributed by atoms with van der Waals surface area (Å²) in [6.45, 7) is 2.13. The Hall–Kier alpha value is -1.58. The Labute approximate surface area is 156 Å². The van der Waals surface area contributed by atoms with Gasteiger partial charge < -0.3 is 10.2 Å². The van der Waals surface area contributed by atoms with Crippen molar-refractivity contribution in [1.29, 1.82) is 0 Å². The number of amides is 1. The maximum Gasteiger partial charge on any atom is 0.251 e. The molecule has 0 atom stereocenters. The fourth-order valence-corrected chi connectivity index (χ4v) is 6.61. The number of nitrogens with zero attached hydrogens (tertiary/aromatic N) is 2. The van der Waals surface area contributed by atoms with E-state index in [1.54, 1.807) is 0 Å². The normalized spacial score (nSPS) is 36.0. The van der Waals surface area contributed by atoms with Gasteiger partial charge in [0.25, 0.3) is 5.91 Å². The van der Waals surface area contributed by atoms with Crippen LogP contribution in [0.15, 0.2) is 18.3 Å². The highest BCUT2D eigenvalue weighted by Crippen LogP contribution is 2.55. The van der Waals surface area contributed by atoms with Gasteiger partial charge in [-0.2, -0.15) is 0 Å². The standard InChI is InChI=1S/C22H31N3O/c26-21(24-22-13-16-9-17(14-22)11-18(10-16)15-22)19-5-6-23-20(12-19)25-7-3-1-2-4-8-25/h5-6,12,16-18H,1-4,7-11,13-15H2,(H,24,26). The highest BCUT2D eigenvalue weighted by Gasteiger charge is 2.51. The highest BCUT2D eigenvalue weighted by molar-refractivity contribution is 5.95. The molecule has 0 radical (unpaired) electrons. The average molecular weight is 354 g/mol. The zero-order valence-electron chi connectivity index (χ0n) is 15.8. The number of carbonyl (C=O) groups is 1. The van der Waals surface area contributed by atoms with Gasteiger partial charge in [0, 0.05) is 30.4 Å². The smallest absolute Gasteiger partial charge is 0.251 e. The first-order valence-corrected chi connectivity index (χ1v) is 10.7. The molecular weight excluding hydrogens is 322 g/mol. The van der Waals surface area contributed by atoms with Gasteiger partial charge in [0.2, 0.25) is 0 Å². The molecule has 1 aromatic rings. The SMILES string of the molecule is O=C(NC12CC3CC(CC(C3)C1)C2)c1ccnc(N2CCCCCC2)c1. The number of anilines is 1. The van der Waals surface area contributed by atoms with Crippen molar-refractivity contribution < 1.29 is 4.79 Å². The van der Waals surface area contributed by atoms with Crippen LogP contribution in [0.3, 0.4) is 0 Å². The number of aromatic nitrogens is 1. The second-order valence-corrected chi connectivity index (χ2v) is 9.46. The van der Waals surface area contributed by atoms with Crippen LogP contribution < -0.4 is 10.2 Å². The van der Waals surface area contributed by atoms with Gasteiger partial charge >= 0.3 is 0 Å². The molecule has 4 saturated carbocycles. The predicted molar refractivity (Wildman–Crippen MR) is 103 cm³/mol. The minimum absolute atomic E-state index is 0.0812. The molecule has 1 saturated heterocycles. The van der Waals surface area contributed by atoms with E-state index in [1.807, 2.05) is 18.3 Å². The summed E-state index contributed by atoms with van der Waals surface area (Å²) in [6.07, 6.45) is 14.7. The molecule has 1 N–H and O–H groups in total. The van der Waals surface area contributed by atoms with Gasteiger partial charge in [-0.3, -0.25) is 4.79 Å². The third kappa shape index (κ3) is 3.12. The summed E-state index contributed by atoms with van der Waals surface area (Å²) < 4.78 is 0. The summed E-state index contributed by atoms with van der Waals surface area (Å²) in [4.78, 5) is 20.0. The van der Waals surface area contributed by atoms with E-state index in [0.29, 0.717) is 0 Å². The molecule has 140 valence electrons. The van der Waals surface area contributed by atoms with Crippen LogP contribution in [0, 0.1) is 17.8 Å². The summed E-state index contributed by atoms with van der Waals surface area (Å²) in [5, 5.41) is 3.50. The molecule has 4 heteroatoms. The molecule has 0 aromatic carbocycles. The van der Waals surface area contributed by atoms with Crippen molar-refractivity contribution in [2.75, 3.05) is 18.0 Å². The Kier molecular flexibility index (Phi) is 4.17. The first-order chi connectivity index (χ1) is 12.7. The number of nitrogens with one attached hydrogen (secondary N) is 1. The second-order valence-electron chi connectivity index (χ2n) is 9.46. The molecule has 2 heterocycles. The average Bonchev–Trinajstić information content (AvgIpc) is 2.90. The van der Waals surface area contributed by atoms with Crippen molar-refractivity contribution >= 4 is 11.7 Å². The van der Waals surface area contributed by atoms with Gasteiger partial charge in [-0.15, -0.1) is 0 Å². The van der Waals surface area contributed by atoms with Crippen molar-refractivity contribution in [3.63, 3.8) is 0 Å². The summed E-state index contributed by atoms with van der Waals surface area (Å²) in [6, 6.07) is 3.90. The highest BCUT2D eigenvalue weighted by atomic mass is 16.1. The van der Waals surface area contributed by atoms with E-state index in [-0.39, 0.29) is 11.4 Å². The van der Waals surface area contributed by atoms with E-state index >= 15 is 0 Å².